The molecule has 1 N–H and O–H groups in total. The molecule has 1 fully saturated rings. The van der Waals surface area contributed by atoms with Gasteiger partial charge in [0.15, 0.2) is 0 Å². The molecular formula is C17H19N5O2S. The zero-order valence-corrected chi connectivity index (χ0v) is 14.5. The summed E-state index contributed by atoms with van der Waals surface area (Å²) in [5.74, 6) is 0.969. The molecule has 8 heteroatoms. The van der Waals surface area contributed by atoms with Crippen LogP contribution in [0.3, 0.4) is 0 Å². The van der Waals surface area contributed by atoms with Crippen molar-refractivity contribution in [3.63, 3.8) is 0 Å². The van der Waals surface area contributed by atoms with Gasteiger partial charge in [0.1, 0.15) is 16.8 Å². The van der Waals surface area contributed by atoms with Gasteiger partial charge < -0.3 is 4.90 Å². The molecule has 1 saturated heterocycles. The Morgan fingerprint density at radius 1 is 1.24 bits per heavy atom. The van der Waals surface area contributed by atoms with Crippen LogP contribution in [0, 0.1) is 17.2 Å². The molecule has 2 aromatic heterocycles. The Morgan fingerprint density at radius 2 is 2.00 bits per heavy atom. The van der Waals surface area contributed by atoms with Crippen LogP contribution in [-0.4, -0.2) is 38.0 Å². The zero-order valence-electron chi connectivity index (χ0n) is 13.7. The van der Waals surface area contributed by atoms with E-state index in [-0.39, 0.29) is 10.8 Å². The van der Waals surface area contributed by atoms with Crippen molar-refractivity contribution in [1.29, 1.82) is 5.26 Å². The smallest absolute Gasteiger partial charge is 0.242 e. The van der Waals surface area contributed by atoms with Crippen molar-refractivity contribution in [3.8, 4) is 6.07 Å². The highest BCUT2D eigenvalue weighted by Crippen LogP contribution is 2.24. The number of nitrogens with zero attached hydrogens (tertiary/aromatic N) is 4. The molecule has 3 heterocycles. The molecule has 0 aromatic carbocycles. The van der Waals surface area contributed by atoms with Gasteiger partial charge in [0, 0.05) is 38.2 Å². The predicted octanol–water partition coefficient (Wildman–Crippen LogP) is 1.54. The number of piperidine rings is 1. The highest BCUT2D eigenvalue weighted by Gasteiger charge is 2.23. The summed E-state index contributed by atoms with van der Waals surface area (Å²) in [4.78, 5) is 10.4. The average molecular weight is 357 g/mol. The van der Waals surface area contributed by atoms with Crippen molar-refractivity contribution in [2.24, 2.45) is 5.92 Å². The predicted molar refractivity (Wildman–Crippen MR) is 93.3 cm³/mol. The highest BCUT2D eigenvalue weighted by atomic mass is 32.2. The zero-order chi connectivity index (χ0) is 17.7. The molecule has 0 amide bonds. The van der Waals surface area contributed by atoms with Gasteiger partial charge in [-0.1, -0.05) is 0 Å². The van der Waals surface area contributed by atoms with Crippen LogP contribution in [-0.2, 0) is 10.0 Å². The minimum atomic E-state index is -3.52. The van der Waals surface area contributed by atoms with Gasteiger partial charge in [0.2, 0.25) is 10.0 Å². The minimum Gasteiger partial charge on any atom is -0.356 e. The summed E-state index contributed by atoms with van der Waals surface area (Å²) in [5, 5.41) is 9.18. The highest BCUT2D eigenvalue weighted by molar-refractivity contribution is 7.89. The Balaban J connectivity index is 1.56. The molecule has 1 aliphatic rings. The van der Waals surface area contributed by atoms with E-state index in [1.54, 1.807) is 30.6 Å². The van der Waals surface area contributed by atoms with E-state index in [1.807, 2.05) is 0 Å². The van der Waals surface area contributed by atoms with Gasteiger partial charge >= 0.3 is 0 Å². The van der Waals surface area contributed by atoms with Gasteiger partial charge in [0.05, 0.1) is 5.56 Å². The molecule has 130 valence electrons. The molecule has 0 unspecified atom stereocenters. The van der Waals surface area contributed by atoms with Crippen LogP contribution in [0.25, 0.3) is 0 Å². The largest absolute Gasteiger partial charge is 0.356 e. The molecule has 0 radical (unpaired) electrons. The fourth-order valence-electron chi connectivity index (χ4n) is 2.90. The summed E-state index contributed by atoms with van der Waals surface area (Å²) in [6.45, 7) is 1.91. The number of rotatable bonds is 5. The van der Waals surface area contributed by atoms with Crippen LogP contribution >= 0.6 is 0 Å². The molecule has 1 aliphatic heterocycles. The Morgan fingerprint density at radius 3 is 2.68 bits per heavy atom. The maximum atomic E-state index is 12.2. The topological polar surface area (TPSA) is 99.0 Å². The lowest BCUT2D eigenvalue weighted by Gasteiger charge is -2.33. The second kappa shape index (κ2) is 7.59. The second-order valence-electron chi connectivity index (χ2n) is 5.96. The third kappa shape index (κ3) is 4.13. The average Bonchev–Trinajstić information content (AvgIpc) is 2.67. The van der Waals surface area contributed by atoms with E-state index in [9.17, 15) is 13.7 Å². The van der Waals surface area contributed by atoms with Gasteiger partial charge in [0.25, 0.3) is 0 Å². The van der Waals surface area contributed by atoms with Crippen molar-refractivity contribution in [1.82, 2.24) is 14.7 Å². The van der Waals surface area contributed by atoms with E-state index in [0.29, 0.717) is 17.9 Å². The summed E-state index contributed by atoms with van der Waals surface area (Å²) < 4.78 is 27.1. The quantitative estimate of drug-likeness (QED) is 0.871. The van der Waals surface area contributed by atoms with Gasteiger partial charge in [-0.2, -0.15) is 5.26 Å². The van der Waals surface area contributed by atoms with Gasteiger partial charge in [-0.3, -0.25) is 4.98 Å². The maximum Gasteiger partial charge on any atom is 0.242 e. The standard InChI is InChI=1S/C17H19N5O2S/c18-11-15-3-1-8-20-17(15)22-9-5-14(6-10-22)12-21-25(23,24)16-4-2-7-19-13-16/h1-4,7-8,13-14,21H,5-6,9-10,12H2. The van der Waals surface area contributed by atoms with E-state index >= 15 is 0 Å². The van der Waals surface area contributed by atoms with Crippen molar-refractivity contribution < 1.29 is 8.42 Å². The fourth-order valence-corrected chi connectivity index (χ4v) is 3.98. The number of nitrogens with one attached hydrogen (secondary N) is 1. The van der Waals surface area contributed by atoms with Crippen LogP contribution in [0.1, 0.15) is 18.4 Å². The van der Waals surface area contributed by atoms with Crippen molar-refractivity contribution in [2.75, 3.05) is 24.5 Å². The first-order valence-corrected chi connectivity index (χ1v) is 9.58. The minimum absolute atomic E-state index is 0.180. The molecule has 25 heavy (non-hydrogen) atoms. The van der Waals surface area contributed by atoms with Crippen LogP contribution in [0.4, 0.5) is 5.82 Å². The van der Waals surface area contributed by atoms with Crippen LogP contribution in [0.2, 0.25) is 0 Å². The molecule has 0 bridgehead atoms. The monoisotopic (exact) mass is 357 g/mol. The van der Waals surface area contributed by atoms with E-state index in [1.165, 1.54) is 12.3 Å². The molecule has 7 nitrogen and oxygen atoms in total. The Bertz CT molecular complexity index is 856. The normalized spacial score (nSPS) is 15.7. The Kier molecular flexibility index (Phi) is 5.26. The fraction of sp³-hybridized carbons (Fsp3) is 0.353. The third-order valence-corrected chi connectivity index (χ3v) is 5.74. The molecule has 2 aromatic rings. The molecular weight excluding hydrogens is 338 g/mol. The SMILES string of the molecule is N#Cc1cccnc1N1CCC(CNS(=O)(=O)c2cccnc2)CC1. The first kappa shape index (κ1) is 17.3. The number of pyridine rings is 2. The lowest BCUT2D eigenvalue weighted by Crippen LogP contribution is -2.39. The summed E-state index contributed by atoms with van der Waals surface area (Å²) in [6, 6.07) is 8.81. The summed E-state index contributed by atoms with van der Waals surface area (Å²) in [6.07, 6.45) is 6.26. The van der Waals surface area contributed by atoms with Crippen molar-refractivity contribution in [2.45, 2.75) is 17.7 Å². The number of aromatic nitrogens is 2. The van der Waals surface area contributed by atoms with Crippen molar-refractivity contribution in [3.05, 3.63) is 48.4 Å². The first-order chi connectivity index (χ1) is 12.1. The number of sulfonamides is 1. The van der Waals surface area contributed by atoms with Gasteiger partial charge in [-0.25, -0.2) is 18.1 Å². The Hall–Kier alpha value is -2.50. The van der Waals surface area contributed by atoms with Crippen LogP contribution < -0.4 is 9.62 Å². The molecule has 0 aliphatic carbocycles. The number of nitriles is 1. The molecule has 0 atom stereocenters. The molecule has 3 rings (SSSR count). The first-order valence-electron chi connectivity index (χ1n) is 8.10. The maximum absolute atomic E-state index is 12.2. The number of hydrogen-bond donors (Lipinski definition) is 1. The lowest BCUT2D eigenvalue weighted by atomic mass is 9.97. The summed E-state index contributed by atoms with van der Waals surface area (Å²) in [7, 11) is -3.52. The van der Waals surface area contributed by atoms with Crippen LogP contribution in [0.15, 0.2) is 47.8 Å². The van der Waals surface area contributed by atoms with Crippen LogP contribution in [0.5, 0.6) is 0 Å². The number of hydrogen-bond acceptors (Lipinski definition) is 6. The second-order valence-corrected chi connectivity index (χ2v) is 7.72. The Labute approximate surface area is 147 Å². The third-order valence-electron chi connectivity index (χ3n) is 4.33. The van der Waals surface area contributed by atoms with E-state index in [4.69, 9.17) is 0 Å². The van der Waals surface area contributed by atoms with Gasteiger partial charge in [-0.15, -0.1) is 0 Å². The molecule has 0 spiro atoms. The van der Waals surface area contributed by atoms with E-state index in [0.717, 1.165) is 25.9 Å². The number of anilines is 1. The lowest BCUT2D eigenvalue weighted by molar-refractivity contribution is 0.400. The van der Waals surface area contributed by atoms with E-state index in [2.05, 4.69) is 25.7 Å². The summed E-state index contributed by atoms with van der Waals surface area (Å²) in [5.41, 5.74) is 0.568. The van der Waals surface area contributed by atoms with Crippen molar-refractivity contribution >= 4 is 15.8 Å². The molecule has 0 saturated carbocycles. The van der Waals surface area contributed by atoms with E-state index < -0.39 is 10.0 Å². The van der Waals surface area contributed by atoms with Gasteiger partial charge in [-0.05, 0) is 43.0 Å². The summed E-state index contributed by atoms with van der Waals surface area (Å²) >= 11 is 0.